The van der Waals surface area contributed by atoms with E-state index in [4.69, 9.17) is 4.42 Å². The Balaban J connectivity index is 1.76. The molecule has 3 nitrogen and oxygen atoms in total. The summed E-state index contributed by atoms with van der Waals surface area (Å²) in [5.41, 5.74) is 2.99. The number of carbonyl (C=O) groups is 1. The minimum Gasteiger partial charge on any atom is -0.453 e. The molecule has 0 saturated carbocycles. The van der Waals surface area contributed by atoms with Gasteiger partial charge in [0.1, 0.15) is 5.58 Å². The standard InChI is InChI=1S/C17H15NO2S/c1-11-3-4-15-13(7-11)8-16(20-15)14(19)10-21-17-5-6-18-9-12(17)2/h3-9H,10H2,1-2H3. The van der Waals surface area contributed by atoms with Gasteiger partial charge in [0, 0.05) is 22.7 Å². The van der Waals surface area contributed by atoms with E-state index >= 15 is 0 Å². The van der Waals surface area contributed by atoms with E-state index in [1.807, 2.05) is 44.2 Å². The molecule has 0 amide bonds. The number of pyridine rings is 1. The van der Waals surface area contributed by atoms with Gasteiger partial charge in [0.15, 0.2) is 5.76 Å². The van der Waals surface area contributed by atoms with Crippen LogP contribution in [0.15, 0.2) is 52.0 Å². The minimum atomic E-state index is 0.00469. The van der Waals surface area contributed by atoms with Crippen molar-refractivity contribution in [1.82, 2.24) is 4.98 Å². The molecule has 0 radical (unpaired) electrons. The Morgan fingerprint density at radius 3 is 2.90 bits per heavy atom. The summed E-state index contributed by atoms with van der Waals surface area (Å²) in [7, 11) is 0. The zero-order valence-electron chi connectivity index (χ0n) is 11.9. The van der Waals surface area contributed by atoms with Gasteiger partial charge in [-0.2, -0.15) is 0 Å². The first-order chi connectivity index (χ1) is 10.1. The van der Waals surface area contributed by atoms with Crippen LogP contribution in [0.3, 0.4) is 0 Å². The van der Waals surface area contributed by atoms with Gasteiger partial charge in [0.2, 0.25) is 5.78 Å². The molecule has 0 aliphatic rings. The summed E-state index contributed by atoms with van der Waals surface area (Å²) in [6.07, 6.45) is 3.54. The number of ketones is 1. The van der Waals surface area contributed by atoms with E-state index in [9.17, 15) is 4.79 Å². The fourth-order valence-corrected chi connectivity index (χ4v) is 3.00. The van der Waals surface area contributed by atoms with Crippen molar-refractivity contribution in [3.8, 4) is 0 Å². The van der Waals surface area contributed by atoms with Gasteiger partial charge < -0.3 is 4.42 Å². The molecule has 21 heavy (non-hydrogen) atoms. The van der Waals surface area contributed by atoms with Crippen LogP contribution in [-0.2, 0) is 0 Å². The predicted molar refractivity (Wildman–Crippen MR) is 85.0 cm³/mol. The van der Waals surface area contributed by atoms with Crippen molar-refractivity contribution < 1.29 is 9.21 Å². The van der Waals surface area contributed by atoms with E-state index < -0.39 is 0 Å². The zero-order valence-corrected chi connectivity index (χ0v) is 12.7. The molecule has 2 heterocycles. The lowest BCUT2D eigenvalue weighted by Crippen LogP contribution is -2.00. The molecule has 0 saturated heterocycles. The molecule has 0 aliphatic carbocycles. The van der Waals surface area contributed by atoms with Crippen LogP contribution >= 0.6 is 11.8 Å². The van der Waals surface area contributed by atoms with E-state index in [1.165, 1.54) is 11.8 Å². The predicted octanol–water partition coefficient (Wildman–Crippen LogP) is 4.42. The van der Waals surface area contributed by atoms with Gasteiger partial charge in [-0.15, -0.1) is 11.8 Å². The normalized spacial score (nSPS) is 11.0. The molecule has 2 aromatic heterocycles. The molecule has 0 unspecified atom stereocenters. The Labute approximate surface area is 127 Å². The monoisotopic (exact) mass is 297 g/mol. The van der Waals surface area contributed by atoms with Crippen molar-refractivity contribution >= 4 is 28.5 Å². The molecule has 106 valence electrons. The number of nitrogens with zero attached hydrogens (tertiary/aromatic N) is 1. The molecule has 0 atom stereocenters. The van der Waals surface area contributed by atoms with E-state index in [1.54, 1.807) is 12.4 Å². The Morgan fingerprint density at radius 1 is 1.24 bits per heavy atom. The average Bonchev–Trinajstić information content (AvgIpc) is 2.89. The van der Waals surface area contributed by atoms with Gasteiger partial charge >= 0.3 is 0 Å². The van der Waals surface area contributed by atoms with Gasteiger partial charge in [-0.1, -0.05) is 11.6 Å². The van der Waals surface area contributed by atoms with E-state index in [-0.39, 0.29) is 5.78 Å². The lowest BCUT2D eigenvalue weighted by molar-refractivity contribution is 0.0994. The maximum atomic E-state index is 12.3. The Morgan fingerprint density at radius 2 is 2.10 bits per heavy atom. The largest absolute Gasteiger partial charge is 0.453 e. The van der Waals surface area contributed by atoms with Crippen LogP contribution in [0.4, 0.5) is 0 Å². The number of benzene rings is 1. The molecular formula is C17H15NO2S. The number of aromatic nitrogens is 1. The first-order valence-corrected chi connectivity index (χ1v) is 7.69. The van der Waals surface area contributed by atoms with Crippen molar-refractivity contribution in [3.05, 3.63) is 59.6 Å². The number of thioether (sulfide) groups is 1. The quantitative estimate of drug-likeness (QED) is 0.528. The van der Waals surface area contributed by atoms with Crippen molar-refractivity contribution in [2.24, 2.45) is 0 Å². The Kier molecular flexibility index (Phi) is 3.80. The van der Waals surface area contributed by atoms with Gasteiger partial charge in [0.05, 0.1) is 5.75 Å². The maximum Gasteiger partial charge on any atom is 0.208 e. The van der Waals surface area contributed by atoms with Crippen LogP contribution in [-0.4, -0.2) is 16.5 Å². The molecule has 0 bridgehead atoms. The van der Waals surface area contributed by atoms with Crippen LogP contribution in [0.2, 0.25) is 0 Å². The fourth-order valence-electron chi connectivity index (χ4n) is 2.14. The molecule has 0 aliphatic heterocycles. The highest BCUT2D eigenvalue weighted by Gasteiger charge is 2.13. The van der Waals surface area contributed by atoms with Crippen molar-refractivity contribution in [1.29, 1.82) is 0 Å². The summed E-state index contributed by atoms with van der Waals surface area (Å²) in [6.45, 7) is 4.01. The number of carbonyl (C=O) groups excluding carboxylic acids is 1. The molecule has 1 aromatic carbocycles. The van der Waals surface area contributed by atoms with Gasteiger partial charge in [-0.25, -0.2) is 0 Å². The second-order valence-corrected chi connectivity index (χ2v) is 6.02. The topological polar surface area (TPSA) is 43.1 Å². The van der Waals surface area contributed by atoms with E-state index in [2.05, 4.69) is 4.98 Å². The van der Waals surface area contributed by atoms with Crippen LogP contribution in [0, 0.1) is 13.8 Å². The third-order valence-corrected chi connectivity index (χ3v) is 4.45. The minimum absolute atomic E-state index is 0.00469. The molecular weight excluding hydrogens is 282 g/mol. The smallest absolute Gasteiger partial charge is 0.208 e. The summed E-state index contributed by atoms with van der Waals surface area (Å²) < 4.78 is 5.63. The number of aryl methyl sites for hydroxylation is 2. The van der Waals surface area contributed by atoms with Crippen molar-refractivity contribution in [2.75, 3.05) is 5.75 Å². The number of hydrogen-bond donors (Lipinski definition) is 0. The summed E-state index contributed by atoms with van der Waals surface area (Å²) in [4.78, 5) is 17.4. The average molecular weight is 297 g/mol. The number of Topliss-reactive ketones (excluding diaryl/α,β-unsaturated/α-hetero) is 1. The van der Waals surface area contributed by atoms with Crippen LogP contribution in [0.25, 0.3) is 11.0 Å². The third kappa shape index (κ3) is 3.00. The van der Waals surface area contributed by atoms with Crippen LogP contribution in [0.1, 0.15) is 21.7 Å². The highest BCUT2D eigenvalue weighted by molar-refractivity contribution is 8.00. The molecule has 0 N–H and O–H groups in total. The fraction of sp³-hybridized carbons (Fsp3) is 0.176. The third-order valence-electron chi connectivity index (χ3n) is 3.27. The summed E-state index contributed by atoms with van der Waals surface area (Å²) in [6, 6.07) is 9.66. The highest BCUT2D eigenvalue weighted by Crippen LogP contribution is 2.25. The number of rotatable bonds is 4. The highest BCUT2D eigenvalue weighted by atomic mass is 32.2. The second kappa shape index (κ2) is 5.74. The number of furan rings is 1. The SMILES string of the molecule is Cc1ccc2oc(C(=O)CSc3ccncc3C)cc2c1. The maximum absolute atomic E-state index is 12.3. The number of fused-ring (bicyclic) bond motifs is 1. The van der Waals surface area contributed by atoms with Gasteiger partial charge in [0.25, 0.3) is 0 Å². The Hall–Kier alpha value is -2.07. The van der Waals surface area contributed by atoms with Crippen molar-refractivity contribution in [2.45, 2.75) is 18.7 Å². The van der Waals surface area contributed by atoms with Crippen LogP contribution < -0.4 is 0 Å². The van der Waals surface area contributed by atoms with Gasteiger partial charge in [-0.3, -0.25) is 9.78 Å². The lowest BCUT2D eigenvalue weighted by atomic mass is 10.2. The van der Waals surface area contributed by atoms with Gasteiger partial charge in [-0.05, 0) is 43.7 Å². The lowest BCUT2D eigenvalue weighted by Gasteiger charge is -2.02. The summed E-state index contributed by atoms with van der Waals surface area (Å²) in [5.74, 6) is 0.795. The molecule has 3 rings (SSSR count). The number of hydrogen-bond acceptors (Lipinski definition) is 4. The molecule has 4 heteroatoms. The summed E-state index contributed by atoms with van der Waals surface area (Å²) >= 11 is 1.51. The zero-order chi connectivity index (χ0) is 14.8. The first kappa shape index (κ1) is 13.9. The Bertz CT molecular complexity index is 807. The molecule has 0 spiro atoms. The first-order valence-electron chi connectivity index (χ1n) is 6.70. The molecule has 0 fully saturated rings. The van der Waals surface area contributed by atoms with E-state index in [0.717, 1.165) is 27.0 Å². The van der Waals surface area contributed by atoms with Crippen molar-refractivity contribution in [3.63, 3.8) is 0 Å². The summed E-state index contributed by atoms with van der Waals surface area (Å²) in [5, 5.41) is 0.975. The second-order valence-electron chi connectivity index (χ2n) is 5.00. The van der Waals surface area contributed by atoms with E-state index in [0.29, 0.717) is 11.5 Å². The van der Waals surface area contributed by atoms with Crippen LogP contribution in [0.5, 0.6) is 0 Å². The molecule has 3 aromatic rings.